The van der Waals surface area contributed by atoms with E-state index in [1.54, 1.807) is 0 Å². The van der Waals surface area contributed by atoms with E-state index in [0.717, 1.165) is 38.9 Å². The maximum absolute atomic E-state index is 12.2. The first-order valence-corrected chi connectivity index (χ1v) is 9.81. The molecular weight excluding hydrogens is 320 g/mol. The summed E-state index contributed by atoms with van der Waals surface area (Å²) in [7, 11) is 1.36. The lowest BCUT2D eigenvalue weighted by Crippen LogP contribution is -2.46. The smallest absolute Gasteiger partial charge is 0.328 e. The Balaban J connectivity index is 1.75. The van der Waals surface area contributed by atoms with Gasteiger partial charge in [-0.15, -0.1) is 0 Å². The number of esters is 1. The minimum atomic E-state index is -0.591. The van der Waals surface area contributed by atoms with E-state index < -0.39 is 6.04 Å². The van der Waals surface area contributed by atoms with E-state index in [0.29, 0.717) is 12.3 Å². The number of hydrogen-bond acceptors (Lipinski definition) is 5. The van der Waals surface area contributed by atoms with Crippen LogP contribution in [-0.2, 0) is 19.1 Å². The molecule has 1 N–H and O–H groups in total. The van der Waals surface area contributed by atoms with Crippen molar-refractivity contribution in [2.75, 3.05) is 33.4 Å². The molecule has 3 atom stereocenters. The van der Waals surface area contributed by atoms with Crippen molar-refractivity contribution in [3.8, 4) is 0 Å². The molecule has 3 unspecified atom stereocenters. The van der Waals surface area contributed by atoms with Crippen LogP contribution in [0.5, 0.6) is 0 Å². The van der Waals surface area contributed by atoms with E-state index >= 15 is 0 Å². The van der Waals surface area contributed by atoms with Crippen LogP contribution in [0.4, 0.5) is 0 Å². The fraction of sp³-hybridized carbons (Fsp3) is 0.895. The molecule has 6 nitrogen and oxygen atoms in total. The van der Waals surface area contributed by atoms with Crippen LogP contribution in [-0.4, -0.2) is 62.3 Å². The molecule has 0 spiro atoms. The molecule has 0 bridgehead atoms. The van der Waals surface area contributed by atoms with E-state index in [9.17, 15) is 9.59 Å². The van der Waals surface area contributed by atoms with Gasteiger partial charge in [0.05, 0.1) is 13.2 Å². The minimum Gasteiger partial charge on any atom is -0.467 e. The van der Waals surface area contributed by atoms with Crippen LogP contribution >= 0.6 is 0 Å². The van der Waals surface area contributed by atoms with Crippen LogP contribution in [0.15, 0.2) is 0 Å². The number of carbonyl (C=O) groups is 2. The minimum absolute atomic E-state index is 0.0201. The molecule has 144 valence electrons. The Kier molecular flexibility index (Phi) is 8.68. The van der Waals surface area contributed by atoms with Gasteiger partial charge in [0.15, 0.2) is 0 Å². The molecule has 1 saturated carbocycles. The molecule has 1 heterocycles. The molecule has 6 heteroatoms. The van der Waals surface area contributed by atoms with E-state index in [1.165, 1.54) is 32.8 Å². The molecular formula is C19H34N2O4. The van der Waals surface area contributed by atoms with Crippen molar-refractivity contribution in [1.29, 1.82) is 0 Å². The molecule has 1 saturated heterocycles. The Morgan fingerprint density at radius 1 is 1.12 bits per heavy atom. The van der Waals surface area contributed by atoms with Crippen LogP contribution in [0.2, 0.25) is 0 Å². The number of nitrogens with zero attached hydrogens (tertiary/aromatic N) is 1. The fourth-order valence-electron chi connectivity index (χ4n) is 3.83. The molecule has 1 aliphatic carbocycles. The summed E-state index contributed by atoms with van der Waals surface area (Å²) in [6, 6.07) is -0.591. The first-order chi connectivity index (χ1) is 12.1. The number of nitrogens with one attached hydrogen (secondary N) is 1. The maximum Gasteiger partial charge on any atom is 0.328 e. The Hall–Kier alpha value is -1.14. The summed E-state index contributed by atoms with van der Waals surface area (Å²) >= 11 is 0. The van der Waals surface area contributed by atoms with E-state index in [2.05, 4.69) is 17.1 Å². The van der Waals surface area contributed by atoms with Crippen molar-refractivity contribution in [3.63, 3.8) is 0 Å². The predicted octanol–water partition coefficient (Wildman–Crippen LogP) is 2.12. The number of rotatable bonds is 8. The van der Waals surface area contributed by atoms with Crippen LogP contribution in [0, 0.1) is 5.92 Å². The van der Waals surface area contributed by atoms with E-state index in [-0.39, 0.29) is 24.6 Å². The van der Waals surface area contributed by atoms with Gasteiger partial charge in [-0.2, -0.15) is 0 Å². The summed E-state index contributed by atoms with van der Waals surface area (Å²) in [6.07, 6.45) is 9.03. The zero-order valence-corrected chi connectivity index (χ0v) is 15.8. The second-order valence-corrected chi connectivity index (χ2v) is 7.45. The van der Waals surface area contributed by atoms with Gasteiger partial charge in [-0.3, -0.25) is 4.79 Å². The number of ether oxygens (including phenoxy) is 2. The summed E-state index contributed by atoms with van der Waals surface area (Å²) in [5.74, 6) is -0.111. The average molecular weight is 354 g/mol. The highest BCUT2D eigenvalue weighted by atomic mass is 16.5. The van der Waals surface area contributed by atoms with Crippen molar-refractivity contribution in [3.05, 3.63) is 0 Å². The summed E-state index contributed by atoms with van der Waals surface area (Å²) in [5.41, 5.74) is 0. The molecule has 0 radical (unpaired) electrons. The van der Waals surface area contributed by atoms with Crippen LogP contribution < -0.4 is 5.32 Å². The molecule has 25 heavy (non-hydrogen) atoms. The number of amides is 1. The van der Waals surface area contributed by atoms with Crippen molar-refractivity contribution in [2.24, 2.45) is 5.92 Å². The second kappa shape index (κ2) is 10.8. The van der Waals surface area contributed by atoms with Gasteiger partial charge in [0.1, 0.15) is 12.6 Å². The Bertz CT molecular complexity index is 424. The van der Waals surface area contributed by atoms with E-state index in [4.69, 9.17) is 9.47 Å². The van der Waals surface area contributed by atoms with Gasteiger partial charge in [-0.25, -0.2) is 4.79 Å². The van der Waals surface area contributed by atoms with Crippen LogP contribution in [0.25, 0.3) is 0 Å². The number of methoxy groups -OCH3 is 1. The SMILES string of the molecule is COC(=O)C(CCN1CCCCC1)NC(=O)COC1CCCCC1C. The highest BCUT2D eigenvalue weighted by Gasteiger charge is 2.25. The summed E-state index contributed by atoms with van der Waals surface area (Å²) in [4.78, 5) is 26.6. The normalized spacial score (nSPS) is 26.0. The zero-order valence-electron chi connectivity index (χ0n) is 15.8. The predicted molar refractivity (Wildman–Crippen MR) is 96.2 cm³/mol. The molecule has 0 aromatic heterocycles. The molecule has 1 amide bonds. The van der Waals surface area contributed by atoms with Crippen LogP contribution in [0.3, 0.4) is 0 Å². The largest absolute Gasteiger partial charge is 0.467 e. The van der Waals surface area contributed by atoms with Crippen molar-refractivity contribution < 1.29 is 19.1 Å². The van der Waals surface area contributed by atoms with Crippen molar-refractivity contribution >= 4 is 11.9 Å². The lowest BCUT2D eigenvalue weighted by molar-refractivity contribution is -0.146. The highest BCUT2D eigenvalue weighted by molar-refractivity contribution is 5.85. The first kappa shape index (κ1) is 20.2. The third-order valence-electron chi connectivity index (χ3n) is 5.46. The van der Waals surface area contributed by atoms with Gasteiger partial charge >= 0.3 is 5.97 Å². The van der Waals surface area contributed by atoms with Crippen molar-refractivity contribution in [1.82, 2.24) is 10.2 Å². The van der Waals surface area contributed by atoms with Gasteiger partial charge in [-0.1, -0.05) is 26.2 Å². The number of likely N-dealkylation sites (tertiary alicyclic amines) is 1. The fourth-order valence-corrected chi connectivity index (χ4v) is 3.83. The van der Waals surface area contributed by atoms with E-state index in [1.807, 2.05) is 0 Å². The number of piperidine rings is 1. The van der Waals surface area contributed by atoms with Gasteiger partial charge in [0, 0.05) is 6.54 Å². The highest BCUT2D eigenvalue weighted by Crippen LogP contribution is 2.26. The monoisotopic (exact) mass is 354 g/mol. The first-order valence-electron chi connectivity index (χ1n) is 9.81. The molecule has 0 aromatic rings. The molecule has 0 aromatic carbocycles. The van der Waals surface area contributed by atoms with Crippen LogP contribution in [0.1, 0.15) is 58.3 Å². The lowest BCUT2D eigenvalue weighted by Gasteiger charge is -2.29. The Morgan fingerprint density at radius 2 is 1.84 bits per heavy atom. The molecule has 2 rings (SSSR count). The average Bonchev–Trinajstić information content (AvgIpc) is 2.64. The zero-order chi connectivity index (χ0) is 18.1. The quantitative estimate of drug-likeness (QED) is 0.676. The topological polar surface area (TPSA) is 67.9 Å². The summed E-state index contributed by atoms with van der Waals surface area (Å²) < 4.78 is 10.6. The molecule has 2 fully saturated rings. The van der Waals surface area contributed by atoms with Crippen molar-refractivity contribution in [2.45, 2.75) is 70.4 Å². The van der Waals surface area contributed by atoms with Gasteiger partial charge in [0.2, 0.25) is 5.91 Å². The Labute approximate surface area is 151 Å². The van der Waals surface area contributed by atoms with Gasteiger partial charge in [-0.05, 0) is 51.1 Å². The summed E-state index contributed by atoms with van der Waals surface area (Å²) in [6.45, 7) is 5.15. The third kappa shape index (κ3) is 6.94. The van der Waals surface area contributed by atoms with Gasteiger partial charge < -0.3 is 19.7 Å². The maximum atomic E-state index is 12.2. The Morgan fingerprint density at radius 3 is 2.52 bits per heavy atom. The lowest BCUT2D eigenvalue weighted by atomic mass is 9.88. The standard InChI is InChI=1S/C19H34N2O4/c1-15-8-4-5-9-17(15)25-14-18(22)20-16(19(23)24-2)10-13-21-11-6-3-7-12-21/h15-17H,3-14H2,1-2H3,(H,20,22). The number of carbonyl (C=O) groups excluding carboxylic acids is 2. The summed E-state index contributed by atoms with van der Waals surface area (Å²) in [5, 5.41) is 2.80. The molecule has 1 aliphatic heterocycles. The number of hydrogen-bond donors (Lipinski definition) is 1. The third-order valence-corrected chi connectivity index (χ3v) is 5.46. The molecule has 2 aliphatic rings. The second-order valence-electron chi connectivity index (χ2n) is 7.45. The van der Waals surface area contributed by atoms with Gasteiger partial charge in [0.25, 0.3) is 0 Å².